The van der Waals surface area contributed by atoms with E-state index in [-0.39, 0.29) is 24.1 Å². The lowest BCUT2D eigenvalue weighted by molar-refractivity contribution is 0.0923. The summed E-state index contributed by atoms with van der Waals surface area (Å²) in [6.07, 6.45) is 1.42. The summed E-state index contributed by atoms with van der Waals surface area (Å²) in [5.41, 5.74) is 6.48. The van der Waals surface area contributed by atoms with Crippen molar-refractivity contribution in [2.45, 2.75) is 25.8 Å². The van der Waals surface area contributed by atoms with E-state index in [1.807, 2.05) is 6.92 Å². The topological polar surface area (TPSA) is 91.2 Å². The Bertz CT molecular complexity index is 583. The highest BCUT2D eigenvalue weighted by atomic mass is 35.5. The van der Waals surface area contributed by atoms with Gasteiger partial charge in [-0.1, -0.05) is 13.3 Å². The molecule has 0 spiro atoms. The Morgan fingerprint density at radius 1 is 1.33 bits per heavy atom. The molecule has 0 saturated carbocycles. The lowest BCUT2D eigenvalue weighted by Gasteiger charge is -2.04. The van der Waals surface area contributed by atoms with Crippen LogP contribution in [0.3, 0.4) is 0 Å². The molecule has 2 rings (SSSR count). The Balaban J connectivity index is 0.00000220. The third kappa shape index (κ3) is 4.03. The minimum atomic E-state index is -0.593. The Morgan fingerprint density at radius 3 is 2.57 bits per heavy atom. The van der Waals surface area contributed by atoms with Crippen molar-refractivity contribution in [3.8, 4) is 17.2 Å². The standard InChI is InChI=1S/C14H17N3O3.ClH/c1-3-4-11(15)12(18)14-17-16-13(20-14)9-5-7-10(19-2)8-6-9;/h5-8,11H,3-4,15H2,1-2H3;1H/t11-;/m0./s1. The number of hydrogen-bond acceptors (Lipinski definition) is 6. The molecule has 2 N–H and O–H groups in total. The molecule has 0 aliphatic heterocycles. The van der Waals surface area contributed by atoms with Gasteiger partial charge in [0.05, 0.1) is 13.2 Å². The number of halogens is 1. The van der Waals surface area contributed by atoms with E-state index in [0.29, 0.717) is 12.3 Å². The SMILES string of the molecule is CCC[C@H](N)C(=O)c1nnc(-c2ccc(OC)cc2)o1.Cl. The molecule has 1 aromatic heterocycles. The average Bonchev–Trinajstić information content (AvgIpc) is 2.96. The first-order valence-electron chi connectivity index (χ1n) is 6.43. The molecule has 0 saturated heterocycles. The van der Waals surface area contributed by atoms with Crippen LogP contribution in [0.5, 0.6) is 5.75 Å². The minimum absolute atomic E-state index is 0. The average molecular weight is 312 g/mol. The molecule has 1 atom stereocenters. The maximum Gasteiger partial charge on any atom is 0.285 e. The van der Waals surface area contributed by atoms with E-state index in [4.69, 9.17) is 14.9 Å². The van der Waals surface area contributed by atoms with Gasteiger partial charge < -0.3 is 14.9 Å². The number of aromatic nitrogens is 2. The number of rotatable bonds is 6. The van der Waals surface area contributed by atoms with Crippen molar-refractivity contribution < 1.29 is 13.9 Å². The van der Waals surface area contributed by atoms with Crippen molar-refractivity contribution in [2.24, 2.45) is 5.73 Å². The zero-order valence-corrected chi connectivity index (χ0v) is 12.7. The number of nitrogens with two attached hydrogens (primary N) is 1. The van der Waals surface area contributed by atoms with E-state index < -0.39 is 6.04 Å². The summed E-state index contributed by atoms with van der Waals surface area (Å²) < 4.78 is 10.4. The molecule has 0 unspecified atom stereocenters. The van der Waals surface area contributed by atoms with Crippen molar-refractivity contribution in [2.75, 3.05) is 7.11 Å². The number of benzene rings is 1. The predicted octanol–water partition coefficient (Wildman–Crippen LogP) is 2.48. The number of ketones is 1. The summed E-state index contributed by atoms with van der Waals surface area (Å²) in [4.78, 5) is 11.9. The van der Waals surface area contributed by atoms with Crippen molar-refractivity contribution in [1.29, 1.82) is 0 Å². The molecule has 0 aliphatic carbocycles. The Labute approximate surface area is 129 Å². The molecule has 1 heterocycles. The van der Waals surface area contributed by atoms with Crippen molar-refractivity contribution in [1.82, 2.24) is 10.2 Å². The summed E-state index contributed by atoms with van der Waals surface area (Å²) in [6, 6.07) is 6.54. The molecular formula is C14H18ClN3O3. The monoisotopic (exact) mass is 311 g/mol. The van der Waals surface area contributed by atoms with Crippen LogP contribution in [0.2, 0.25) is 0 Å². The molecule has 2 aromatic rings. The summed E-state index contributed by atoms with van der Waals surface area (Å²) in [7, 11) is 1.59. The predicted molar refractivity (Wildman–Crippen MR) is 80.7 cm³/mol. The quantitative estimate of drug-likeness (QED) is 0.824. The highest BCUT2D eigenvalue weighted by molar-refractivity contribution is 5.96. The second-order valence-electron chi connectivity index (χ2n) is 4.40. The van der Waals surface area contributed by atoms with Gasteiger partial charge in [0, 0.05) is 5.56 Å². The second-order valence-corrected chi connectivity index (χ2v) is 4.40. The largest absolute Gasteiger partial charge is 0.497 e. The van der Waals surface area contributed by atoms with Gasteiger partial charge in [0.2, 0.25) is 11.7 Å². The number of methoxy groups -OCH3 is 1. The van der Waals surface area contributed by atoms with Gasteiger partial charge in [-0.2, -0.15) is 0 Å². The Kier molecular flexibility index (Phi) is 6.33. The van der Waals surface area contributed by atoms with Crippen molar-refractivity contribution >= 4 is 18.2 Å². The van der Waals surface area contributed by atoms with E-state index in [0.717, 1.165) is 17.7 Å². The van der Waals surface area contributed by atoms with Crippen LogP contribution < -0.4 is 10.5 Å². The van der Waals surface area contributed by atoms with Crippen LogP contribution in [0, 0.1) is 0 Å². The van der Waals surface area contributed by atoms with Gasteiger partial charge in [0.1, 0.15) is 5.75 Å². The van der Waals surface area contributed by atoms with Gasteiger partial charge in [-0.25, -0.2) is 0 Å². The first-order valence-corrected chi connectivity index (χ1v) is 6.43. The number of carbonyl (C=O) groups excluding carboxylic acids is 1. The van der Waals surface area contributed by atoms with E-state index in [1.165, 1.54) is 0 Å². The highest BCUT2D eigenvalue weighted by Crippen LogP contribution is 2.21. The number of Topliss-reactive ketones (excluding diaryl/α,β-unsaturated/α-hetero) is 1. The normalized spacial score (nSPS) is 11.6. The van der Waals surface area contributed by atoms with Crippen LogP contribution in [0.25, 0.3) is 11.5 Å². The van der Waals surface area contributed by atoms with Crippen LogP contribution in [0.15, 0.2) is 28.7 Å². The molecule has 0 aliphatic rings. The Hall–Kier alpha value is -1.92. The van der Waals surface area contributed by atoms with Crippen molar-refractivity contribution in [3.05, 3.63) is 30.2 Å². The molecule has 0 bridgehead atoms. The van der Waals surface area contributed by atoms with Crippen LogP contribution in [0.1, 0.15) is 30.5 Å². The van der Waals surface area contributed by atoms with Gasteiger partial charge in [0.25, 0.3) is 5.89 Å². The molecule has 7 heteroatoms. The first-order chi connectivity index (χ1) is 9.65. The molecule has 6 nitrogen and oxygen atoms in total. The van der Waals surface area contributed by atoms with Gasteiger partial charge in [-0.05, 0) is 30.7 Å². The summed E-state index contributed by atoms with van der Waals surface area (Å²) >= 11 is 0. The maximum absolute atomic E-state index is 11.9. The molecule has 0 fully saturated rings. The number of nitrogens with zero attached hydrogens (tertiary/aromatic N) is 2. The highest BCUT2D eigenvalue weighted by Gasteiger charge is 2.21. The molecule has 0 radical (unpaired) electrons. The summed E-state index contributed by atoms with van der Waals surface area (Å²) in [6.45, 7) is 1.96. The van der Waals surface area contributed by atoms with E-state index in [2.05, 4.69) is 10.2 Å². The maximum atomic E-state index is 11.9. The van der Waals surface area contributed by atoms with Crippen LogP contribution in [-0.4, -0.2) is 29.1 Å². The third-order valence-electron chi connectivity index (χ3n) is 2.91. The molecule has 21 heavy (non-hydrogen) atoms. The van der Waals surface area contributed by atoms with Crippen LogP contribution in [-0.2, 0) is 0 Å². The summed E-state index contributed by atoms with van der Waals surface area (Å²) in [5.74, 6) is 0.658. The van der Waals surface area contributed by atoms with E-state index in [1.54, 1.807) is 31.4 Å². The van der Waals surface area contributed by atoms with Gasteiger partial charge in [0.15, 0.2) is 0 Å². The van der Waals surface area contributed by atoms with Gasteiger partial charge in [-0.15, -0.1) is 22.6 Å². The number of ether oxygens (including phenoxy) is 1. The molecule has 1 aromatic carbocycles. The number of hydrogen-bond donors (Lipinski definition) is 1. The second kappa shape index (κ2) is 7.75. The van der Waals surface area contributed by atoms with E-state index >= 15 is 0 Å². The fraction of sp³-hybridized carbons (Fsp3) is 0.357. The third-order valence-corrected chi connectivity index (χ3v) is 2.91. The Morgan fingerprint density at radius 2 is 2.00 bits per heavy atom. The van der Waals surface area contributed by atoms with E-state index in [9.17, 15) is 4.79 Å². The fourth-order valence-corrected chi connectivity index (χ4v) is 1.77. The zero-order chi connectivity index (χ0) is 14.5. The fourth-order valence-electron chi connectivity index (χ4n) is 1.77. The zero-order valence-electron chi connectivity index (χ0n) is 11.9. The first kappa shape index (κ1) is 17.1. The summed E-state index contributed by atoms with van der Waals surface area (Å²) in [5, 5.41) is 7.63. The van der Waals surface area contributed by atoms with Crippen LogP contribution >= 0.6 is 12.4 Å². The van der Waals surface area contributed by atoms with Gasteiger partial charge in [-0.3, -0.25) is 4.79 Å². The van der Waals surface area contributed by atoms with Gasteiger partial charge >= 0.3 is 0 Å². The van der Waals surface area contributed by atoms with Crippen LogP contribution in [0.4, 0.5) is 0 Å². The molecule has 114 valence electrons. The molecule has 0 amide bonds. The van der Waals surface area contributed by atoms with Crippen molar-refractivity contribution in [3.63, 3.8) is 0 Å². The lowest BCUT2D eigenvalue weighted by Crippen LogP contribution is -2.30. The smallest absolute Gasteiger partial charge is 0.285 e. The molecular weight excluding hydrogens is 294 g/mol. The lowest BCUT2D eigenvalue weighted by atomic mass is 10.1. The number of carbonyl (C=O) groups is 1. The minimum Gasteiger partial charge on any atom is -0.497 e.